The van der Waals surface area contributed by atoms with Gasteiger partial charge in [-0.05, 0) is 41.3 Å². The first-order valence-electron chi connectivity index (χ1n) is 9.38. The number of anilines is 1. The maximum Gasteiger partial charge on any atom is 0.249 e. The summed E-state index contributed by atoms with van der Waals surface area (Å²) in [7, 11) is 0. The van der Waals surface area contributed by atoms with E-state index in [1.807, 2.05) is 42.5 Å². The number of benzene rings is 2. The summed E-state index contributed by atoms with van der Waals surface area (Å²) < 4.78 is 31.8. The summed E-state index contributed by atoms with van der Waals surface area (Å²) in [6.45, 7) is 1.99. The van der Waals surface area contributed by atoms with Gasteiger partial charge in [-0.1, -0.05) is 18.2 Å². The van der Waals surface area contributed by atoms with Gasteiger partial charge in [0, 0.05) is 43.3 Å². The second kappa shape index (κ2) is 7.26. The molecule has 1 saturated carbocycles. The molecular weight excluding hydrogens is 362 g/mol. The molecule has 6 heteroatoms. The van der Waals surface area contributed by atoms with Crippen molar-refractivity contribution in [3.05, 3.63) is 59.8 Å². The third kappa shape index (κ3) is 4.01. The maximum absolute atomic E-state index is 13.0. The monoisotopic (exact) mass is 384 g/mol. The molecule has 0 aliphatic heterocycles. The molecule has 0 bridgehead atoms. The number of fused-ring (bicyclic) bond motifs is 1. The molecule has 3 aromatic rings. The molecule has 1 aromatic heterocycles. The van der Waals surface area contributed by atoms with Crippen LogP contribution in [0.15, 0.2) is 48.7 Å². The molecule has 0 atom stereocenters. The number of hydrogen-bond donors (Lipinski definition) is 2. The van der Waals surface area contributed by atoms with Crippen molar-refractivity contribution in [3.63, 3.8) is 0 Å². The van der Waals surface area contributed by atoms with Gasteiger partial charge in [0.15, 0.2) is 0 Å². The maximum atomic E-state index is 13.0. The van der Waals surface area contributed by atoms with Crippen LogP contribution in [0.2, 0.25) is 0 Å². The highest BCUT2D eigenvalue weighted by Crippen LogP contribution is 2.48. The van der Waals surface area contributed by atoms with Crippen LogP contribution >= 0.6 is 0 Å². The van der Waals surface area contributed by atoms with Gasteiger partial charge in [-0.25, -0.2) is 8.78 Å². The van der Waals surface area contributed by atoms with Crippen LogP contribution in [0.5, 0.6) is 5.75 Å². The average molecular weight is 384 g/mol. The number of carbonyl (C=O) groups is 1. The smallest absolute Gasteiger partial charge is 0.249 e. The molecule has 0 spiro atoms. The number of rotatable bonds is 6. The van der Waals surface area contributed by atoms with Gasteiger partial charge in [0.2, 0.25) is 11.8 Å². The quantitative estimate of drug-likeness (QED) is 0.609. The molecule has 1 amide bonds. The van der Waals surface area contributed by atoms with Crippen LogP contribution in [-0.2, 0) is 11.2 Å². The summed E-state index contributed by atoms with van der Waals surface area (Å²) >= 11 is 0. The normalized spacial score (nSPS) is 16.0. The first-order chi connectivity index (χ1) is 13.4. The number of halogens is 2. The van der Waals surface area contributed by atoms with E-state index in [4.69, 9.17) is 4.74 Å². The Morgan fingerprint density at radius 2 is 1.96 bits per heavy atom. The summed E-state index contributed by atoms with van der Waals surface area (Å²) in [6.07, 6.45) is 2.38. The summed E-state index contributed by atoms with van der Waals surface area (Å²) in [5.41, 5.74) is 3.78. The highest BCUT2D eigenvalue weighted by Gasteiger charge is 2.45. The molecule has 0 radical (unpaired) electrons. The number of carbonyl (C=O) groups excluding carboxylic acids is 1. The molecule has 0 unspecified atom stereocenters. The lowest BCUT2D eigenvalue weighted by atomic mass is 9.77. The number of aromatic nitrogens is 1. The van der Waals surface area contributed by atoms with E-state index in [1.54, 1.807) is 6.20 Å². The largest absolute Gasteiger partial charge is 0.493 e. The van der Waals surface area contributed by atoms with Gasteiger partial charge >= 0.3 is 0 Å². The van der Waals surface area contributed by atoms with Gasteiger partial charge in [-0.3, -0.25) is 4.79 Å². The van der Waals surface area contributed by atoms with E-state index < -0.39 is 5.92 Å². The van der Waals surface area contributed by atoms with Crippen molar-refractivity contribution in [2.45, 2.75) is 38.0 Å². The van der Waals surface area contributed by atoms with Crippen LogP contribution in [0.25, 0.3) is 10.9 Å². The molecule has 146 valence electrons. The zero-order valence-corrected chi connectivity index (χ0v) is 15.6. The van der Waals surface area contributed by atoms with E-state index in [9.17, 15) is 13.6 Å². The molecule has 2 N–H and O–H groups in total. The fourth-order valence-corrected chi connectivity index (χ4v) is 3.64. The lowest BCUT2D eigenvalue weighted by Gasteiger charge is -2.35. The van der Waals surface area contributed by atoms with Crippen molar-refractivity contribution < 1.29 is 18.3 Å². The second-order valence-electron chi connectivity index (χ2n) is 7.39. The molecule has 1 fully saturated rings. The van der Waals surface area contributed by atoms with Gasteiger partial charge in [0.25, 0.3) is 0 Å². The van der Waals surface area contributed by atoms with Gasteiger partial charge in [-0.15, -0.1) is 0 Å². The fraction of sp³-hybridized carbons (Fsp3) is 0.318. The summed E-state index contributed by atoms with van der Waals surface area (Å²) in [5.74, 6) is -1.92. The number of aromatic amines is 1. The van der Waals surface area contributed by atoms with Crippen LogP contribution < -0.4 is 10.1 Å². The average Bonchev–Trinajstić information content (AvgIpc) is 3.02. The minimum absolute atomic E-state index is 0.0464. The summed E-state index contributed by atoms with van der Waals surface area (Å²) in [6, 6.07) is 13.5. The number of H-pyrrole nitrogens is 1. The number of amides is 1. The molecule has 1 aliphatic rings. The Bertz CT molecular complexity index is 987. The number of hydrogen-bond acceptors (Lipinski definition) is 2. The fourth-order valence-electron chi connectivity index (χ4n) is 3.64. The van der Waals surface area contributed by atoms with Gasteiger partial charge < -0.3 is 15.0 Å². The molecular formula is C22H22F2N2O2. The van der Waals surface area contributed by atoms with Gasteiger partial charge in [-0.2, -0.15) is 0 Å². The highest BCUT2D eigenvalue weighted by molar-refractivity contribution is 6.01. The number of ether oxygens (including phenoxy) is 1. The minimum atomic E-state index is -2.50. The van der Waals surface area contributed by atoms with Gasteiger partial charge in [0.1, 0.15) is 5.75 Å². The van der Waals surface area contributed by atoms with Crippen molar-refractivity contribution in [3.8, 4) is 5.75 Å². The Hall–Kier alpha value is -2.89. The Balaban J connectivity index is 1.34. The number of alkyl halides is 2. The van der Waals surface area contributed by atoms with Crippen molar-refractivity contribution in [1.29, 1.82) is 0 Å². The Kier molecular flexibility index (Phi) is 4.79. The Morgan fingerprint density at radius 1 is 1.21 bits per heavy atom. The van der Waals surface area contributed by atoms with Crippen molar-refractivity contribution in [2.24, 2.45) is 0 Å². The highest BCUT2D eigenvalue weighted by atomic mass is 19.3. The predicted molar refractivity (Wildman–Crippen MR) is 105 cm³/mol. The second-order valence-corrected chi connectivity index (χ2v) is 7.39. The predicted octanol–water partition coefficient (Wildman–Crippen LogP) is 5.26. The minimum Gasteiger partial charge on any atom is -0.493 e. The van der Waals surface area contributed by atoms with Crippen LogP contribution in [-0.4, -0.2) is 23.4 Å². The van der Waals surface area contributed by atoms with E-state index >= 15 is 0 Å². The van der Waals surface area contributed by atoms with Crippen molar-refractivity contribution >= 4 is 22.5 Å². The topological polar surface area (TPSA) is 54.1 Å². The molecule has 4 rings (SSSR count). The van der Waals surface area contributed by atoms with Crippen LogP contribution in [0, 0.1) is 0 Å². The molecule has 2 aromatic carbocycles. The molecule has 0 saturated heterocycles. The molecule has 4 nitrogen and oxygen atoms in total. The third-order valence-corrected chi connectivity index (χ3v) is 5.16. The van der Waals surface area contributed by atoms with E-state index in [1.165, 1.54) is 6.92 Å². The Morgan fingerprint density at radius 3 is 2.64 bits per heavy atom. The van der Waals surface area contributed by atoms with E-state index in [2.05, 4.69) is 10.3 Å². The first kappa shape index (κ1) is 18.5. The van der Waals surface area contributed by atoms with Crippen molar-refractivity contribution in [2.75, 3.05) is 11.9 Å². The van der Waals surface area contributed by atoms with Crippen LogP contribution in [0.4, 0.5) is 14.5 Å². The molecule has 28 heavy (non-hydrogen) atoms. The summed E-state index contributed by atoms with van der Waals surface area (Å²) in [5, 5.41) is 3.78. The van der Waals surface area contributed by atoms with Crippen molar-refractivity contribution in [1.82, 2.24) is 4.98 Å². The van der Waals surface area contributed by atoms with E-state index in [0.717, 1.165) is 39.9 Å². The SMILES string of the molecule is CC(=O)Nc1c[nH]c2ccc(CCOc3ccc(C4CC(F)(F)C4)cc3)cc12. The van der Waals surface area contributed by atoms with Crippen LogP contribution in [0.3, 0.4) is 0 Å². The lowest BCUT2D eigenvalue weighted by Crippen LogP contribution is -2.33. The Labute approximate surface area is 161 Å². The first-order valence-corrected chi connectivity index (χ1v) is 9.38. The number of nitrogens with one attached hydrogen (secondary N) is 2. The zero-order chi connectivity index (χ0) is 19.7. The van der Waals surface area contributed by atoms with E-state index in [0.29, 0.717) is 6.61 Å². The third-order valence-electron chi connectivity index (χ3n) is 5.16. The lowest BCUT2D eigenvalue weighted by molar-refractivity contribution is -0.114. The standard InChI is InChI=1S/C22H22F2N2O2/c1-14(27)26-21-13-25-20-7-2-15(10-19(20)21)8-9-28-18-5-3-16(4-6-18)17-11-22(23,24)12-17/h2-7,10,13,17,25H,8-9,11-12H2,1H3,(H,26,27). The molecule has 1 aliphatic carbocycles. The zero-order valence-electron chi connectivity index (χ0n) is 15.6. The van der Waals surface area contributed by atoms with E-state index in [-0.39, 0.29) is 24.7 Å². The van der Waals surface area contributed by atoms with Gasteiger partial charge in [0.05, 0.1) is 12.3 Å². The molecule has 1 heterocycles. The summed E-state index contributed by atoms with van der Waals surface area (Å²) in [4.78, 5) is 14.4. The van der Waals surface area contributed by atoms with Crippen LogP contribution in [0.1, 0.15) is 36.8 Å².